The summed E-state index contributed by atoms with van der Waals surface area (Å²) in [4.78, 5) is 24.9. The number of hydrogen-bond donors (Lipinski definition) is 2. The van der Waals surface area contributed by atoms with E-state index in [9.17, 15) is 15.2 Å². The highest BCUT2D eigenvalue weighted by molar-refractivity contribution is 7.18. The predicted octanol–water partition coefficient (Wildman–Crippen LogP) is 4.89. The fraction of sp³-hybridized carbons (Fsp3) is 0.320. The van der Waals surface area contributed by atoms with Gasteiger partial charge in [-0.1, -0.05) is 30.3 Å². The molecule has 8 nitrogen and oxygen atoms in total. The van der Waals surface area contributed by atoms with Crippen LogP contribution in [0.15, 0.2) is 54.6 Å². The van der Waals surface area contributed by atoms with Crippen LogP contribution in [0.1, 0.15) is 47.6 Å². The van der Waals surface area contributed by atoms with Crippen LogP contribution in [0.25, 0.3) is 10.2 Å². The molecule has 1 aliphatic rings. The number of anilines is 1. The summed E-state index contributed by atoms with van der Waals surface area (Å²) in [5, 5.41) is 25.2. The molecule has 174 valence electrons. The molecular formula is C25H25N5O3S. The number of thiazole rings is 1. The summed E-state index contributed by atoms with van der Waals surface area (Å²) in [6.07, 6.45) is 4.35. The molecule has 5 rings (SSSR count). The van der Waals surface area contributed by atoms with Gasteiger partial charge in [-0.2, -0.15) is 0 Å². The van der Waals surface area contributed by atoms with Crippen LogP contribution in [-0.4, -0.2) is 37.1 Å². The number of hydrogen-bond acceptors (Lipinski definition) is 8. The molecule has 2 aromatic carbocycles. The summed E-state index contributed by atoms with van der Waals surface area (Å²) < 4.78 is 0.793. The third-order valence-electron chi connectivity index (χ3n) is 6.05. The van der Waals surface area contributed by atoms with E-state index in [0.717, 1.165) is 52.3 Å². The van der Waals surface area contributed by atoms with E-state index < -0.39 is 0 Å². The lowest BCUT2D eigenvalue weighted by Crippen LogP contribution is -2.29. The number of aromatic nitrogens is 3. The Balaban J connectivity index is 1.42. The predicted molar refractivity (Wildman–Crippen MR) is 132 cm³/mol. The summed E-state index contributed by atoms with van der Waals surface area (Å²) in [5.41, 5.74) is 3.77. The molecule has 0 unspecified atom stereocenters. The van der Waals surface area contributed by atoms with Crippen molar-refractivity contribution in [2.24, 2.45) is 0 Å². The standard InChI is InChI=1S/C25H25N5O3S/c31-21-9-6-17(7-10-21)26-25-27-18(12-16-4-2-1-3-5-16)13-19(28-25)14-24-29-22-11-8-20(30(32)33)15-23(22)34-24/h1-5,8,11,13,15,17,21,31H,6-7,9-10,12,14H2,(H,26,27,28). The van der Waals surface area contributed by atoms with Crippen molar-refractivity contribution in [2.45, 2.75) is 50.7 Å². The molecular weight excluding hydrogens is 450 g/mol. The van der Waals surface area contributed by atoms with E-state index in [2.05, 4.69) is 22.4 Å². The minimum Gasteiger partial charge on any atom is -0.393 e. The van der Waals surface area contributed by atoms with Gasteiger partial charge in [-0.15, -0.1) is 11.3 Å². The molecule has 0 spiro atoms. The molecule has 2 N–H and O–H groups in total. The van der Waals surface area contributed by atoms with Gasteiger partial charge in [-0.25, -0.2) is 15.0 Å². The van der Waals surface area contributed by atoms with Gasteiger partial charge in [0.25, 0.3) is 5.69 Å². The minimum atomic E-state index is -0.388. The van der Waals surface area contributed by atoms with Crippen LogP contribution in [0.4, 0.5) is 11.6 Å². The summed E-state index contributed by atoms with van der Waals surface area (Å²) in [6, 6.07) is 17.2. The van der Waals surface area contributed by atoms with Gasteiger partial charge < -0.3 is 10.4 Å². The second kappa shape index (κ2) is 9.82. The summed E-state index contributed by atoms with van der Waals surface area (Å²) in [6.45, 7) is 0. The number of nitro benzene ring substituents is 1. The molecule has 0 radical (unpaired) electrons. The van der Waals surface area contributed by atoms with E-state index >= 15 is 0 Å². The van der Waals surface area contributed by atoms with E-state index in [1.807, 2.05) is 24.3 Å². The summed E-state index contributed by atoms with van der Waals surface area (Å²) >= 11 is 1.45. The van der Waals surface area contributed by atoms with Gasteiger partial charge in [0, 0.05) is 31.0 Å². The molecule has 1 saturated carbocycles. The smallest absolute Gasteiger partial charge is 0.270 e. The minimum absolute atomic E-state index is 0.0685. The molecule has 0 aliphatic heterocycles. The van der Waals surface area contributed by atoms with Gasteiger partial charge in [0.15, 0.2) is 0 Å². The zero-order valence-corrected chi connectivity index (χ0v) is 19.4. The number of aliphatic hydroxyl groups is 1. The normalized spacial score (nSPS) is 18.1. The van der Waals surface area contributed by atoms with Gasteiger partial charge in [-0.05, 0) is 43.4 Å². The summed E-state index contributed by atoms with van der Waals surface area (Å²) in [7, 11) is 0. The monoisotopic (exact) mass is 475 g/mol. The van der Waals surface area contributed by atoms with Crippen molar-refractivity contribution in [1.29, 1.82) is 0 Å². The Morgan fingerprint density at radius 3 is 2.44 bits per heavy atom. The number of nitrogens with one attached hydrogen (secondary N) is 1. The Hall–Kier alpha value is -3.43. The van der Waals surface area contributed by atoms with Crippen molar-refractivity contribution < 1.29 is 10.0 Å². The van der Waals surface area contributed by atoms with E-state index in [0.29, 0.717) is 18.8 Å². The fourth-order valence-corrected chi connectivity index (χ4v) is 5.33. The topological polar surface area (TPSA) is 114 Å². The Morgan fingerprint density at radius 2 is 1.71 bits per heavy atom. The highest BCUT2D eigenvalue weighted by Gasteiger charge is 2.20. The molecule has 0 atom stereocenters. The maximum absolute atomic E-state index is 11.1. The van der Waals surface area contributed by atoms with Crippen LogP contribution in [-0.2, 0) is 12.8 Å². The Labute approximate surface area is 200 Å². The molecule has 0 saturated heterocycles. The molecule has 9 heteroatoms. The Bertz CT molecular complexity index is 1300. The number of nitrogens with zero attached hydrogens (tertiary/aromatic N) is 4. The van der Waals surface area contributed by atoms with Crippen molar-refractivity contribution in [1.82, 2.24) is 15.0 Å². The molecule has 1 aliphatic carbocycles. The van der Waals surface area contributed by atoms with Crippen LogP contribution in [0.2, 0.25) is 0 Å². The van der Waals surface area contributed by atoms with E-state index in [4.69, 9.17) is 9.97 Å². The van der Waals surface area contributed by atoms with E-state index in [1.165, 1.54) is 23.0 Å². The average Bonchev–Trinajstić information content (AvgIpc) is 3.22. The quantitative estimate of drug-likeness (QED) is 0.289. The third-order valence-corrected chi connectivity index (χ3v) is 7.07. The molecule has 0 amide bonds. The molecule has 4 aromatic rings. The Morgan fingerprint density at radius 1 is 0.971 bits per heavy atom. The summed E-state index contributed by atoms with van der Waals surface area (Å²) in [5.74, 6) is 0.599. The average molecular weight is 476 g/mol. The highest BCUT2D eigenvalue weighted by atomic mass is 32.1. The van der Waals surface area contributed by atoms with Gasteiger partial charge in [0.2, 0.25) is 5.95 Å². The molecule has 1 fully saturated rings. The van der Waals surface area contributed by atoms with Gasteiger partial charge in [0.1, 0.15) is 0 Å². The van der Waals surface area contributed by atoms with Crippen molar-refractivity contribution in [3.8, 4) is 0 Å². The fourth-order valence-electron chi connectivity index (χ4n) is 4.31. The molecule has 2 aromatic heterocycles. The maximum Gasteiger partial charge on any atom is 0.270 e. The molecule has 2 heterocycles. The SMILES string of the molecule is O=[N+]([O-])c1ccc2nc(Cc3cc(Cc4ccccc4)nc(NC4CCC(O)CC4)n3)sc2c1. The lowest BCUT2D eigenvalue weighted by atomic mass is 9.93. The first kappa shape index (κ1) is 22.4. The highest BCUT2D eigenvalue weighted by Crippen LogP contribution is 2.28. The lowest BCUT2D eigenvalue weighted by molar-refractivity contribution is -0.384. The van der Waals surface area contributed by atoms with Crippen molar-refractivity contribution in [3.05, 3.63) is 86.7 Å². The van der Waals surface area contributed by atoms with Gasteiger partial charge in [-0.3, -0.25) is 10.1 Å². The Kier molecular flexibility index (Phi) is 6.46. The van der Waals surface area contributed by atoms with Gasteiger partial charge in [0.05, 0.1) is 37.6 Å². The van der Waals surface area contributed by atoms with Crippen molar-refractivity contribution >= 4 is 33.2 Å². The first-order valence-corrected chi connectivity index (χ1v) is 12.2. The van der Waals surface area contributed by atoms with E-state index in [1.54, 1.807) is 12.1 Å². The zero-order valence-electron chi connectivity index (χ0n) is 18.6. The number of non-ortho nitro benzene ring substituents is 1. The maximum atomic E-state index is 11.1. The van der Waals surface area contributed by atoms with E-state index in [-0.39, 0.29) is 22.8 Å². The first-order valence-electron chi connectivity index (χ1n) is 11.4. The number of benzene rings is 2. The van der Waals surface area contributed by atoms with Crippen molar-refractivity contribution in [2.75, 3.05) is 5.32 Å². The largest absolute Gasteiger partial charge is 0.393 e. The van der Waals surface area contributed by atoms with Gasteiger partial charge >= 0.3 is 0 Å². The van der Waals surface area contributed by atoms with Crippen molar-refractivity contribution in [3.63, 3.8) is 0 Å². The van der Waals surface area contributed by atoms with Crippen LogP contribution in [0.3, 0.4) is 0 Å². The number of aliphatic hydroxyl groups excluding tert-OH is 1. The second-order valence-electron chi connectivity index (χ2n) is 8.68. The van der Waals surface area contributed by atoms with Crippen LogP contribution >= 0.6 is 11.3 Å². The molecule has 0 bridgehead atoms. The zero-order chi connectivity index (χ0) is 23.5. The first-order chi connectivity index (χ1) is 16.5. The number of rotatable bonds is 7. The van der Waals surface area contributed by atoms with Crippen LogP contribution in [0.5, 0.6) is 0 Å². The van der Waals surface area contributed by atoms with Crippen LogP contribution in [0, 0.1) is 10.1 Å². The molecule has 34 heavy (non-hydrogen) atoms. The lowest BCUT2D eigenvalue weighted by Gasteiger charge is -2.26. The second-order valence-corrected chi connectivity index (χ2v) is 9.80. The number of nitro groups is 1. The van der Waals surface area contributed by atoms with Crippen LogP contribution < -0.4 is 5.32 Å². The third kappa shape index (κ3) is 5.37. The number of fused-ring (bicyclic) bond motifs is 1.